The molecule has 0 N–H and O–H groups in total. The molecule has 1 rings (SSSR count). The predicted octanol–water partition coefficient (Wildman–Crippen LogP) is 1.85. The molecule has 0 aromatic heterocycles. The molecule has 6 heteroatoms. The van der Waals surface area contributed by atoms with Crippen LogP contribution in [0.1, 0.15) is 27.7 Å². The first-order valence-corrected chi connectivity index (χ1v) is 8.56. The molecule has 17 heavy (non-hydrogen) atoms. The number of alkyl halides is 1. The number of hydrogen-bond donors (Lipinski definition) is 0. The molecule has 1 aliphatic heterocycles. The maximum atomic E-state index is 12.3. The number of hydrogen-bond acceptors (Lipinski definition) is 3. The van der Waals surface area contributed by atoms with E-state index in [-0.39, 0.29) is 23.3 Å². The van der Waals surface area contributed by atoms with Gasteiger partial charge in [0.15, 0.2) is 0 Å². The lowest BCUT2D eigenvalue weighted by Gasteiger charge is -2.37. The Bertz CT molecular complexity index is 350. The van der Waals surface area contributed by atoms with Gasteiger partial charge in [-0.2, -0.15) is 4.31 Å². The number of rotatable bonds is 3. The van der Waals surface area contributed by atoms with Crippen molar-refractivity contribution in [3.05, 3.63) is 0 Å². The Morgan fingerprint density at radius 1 is 1.41 bits per heavy atom. The third-order valence-corrected chi connectivity index (χ3v) is 5.77. The largest absolute Gasteiger partial charge is 0.374 e. The van der Waals surface area contributed by atoms with Gasteiger partial charge in [0, 0.05) is 17.9 Å². The zero-order chi connectivity index (χ0) is 13.3. The van der Waals surface area contributed by atoms with Crippen molar-refractivity contribution in [1.82, 2.24) is 4.31 Å². The second-order valence-corrected chi connectivity index (χ2v) is 8.41. The fraction of sp³-hybridized carbons (Fsp3) is 1.00. The molecule has 1 heterocycles. The topological polar surface area (TPSA) is 46.6 Å². The van der Waals surface area contributed by atoms with Gasteiger partial charge in [-0.25, -0.2) is 8.42 Å². The summed E-state index contributed by atoms with van der Waals surface area (Å²) < 4.78 is 31.8. The molecule has 2 atom stereocenters. The maximum Gasteiger partial charge on any atom is 0.215 e. The molecule has 1 saturated heterocycles. The minimum atomic E-state index is -3.20. The van der Waals surface area contributed by atoms with Crippen molar-refractivity contribution in [2.75, 3.05) is 24.2 Å². The molecule has 0 bridgehead atoms. The summed E-state index contributed by atoms with van der Waals surface area (Å²) >= 11 is 3.34. The number of sulfonamides is 1. The molecule has 1 aliphatic rings. The summed E-state index contributed by atoms with van der Waals surface area (Å²) in [5.74, 6) is 0.180. The van der Waals surface area contributed by atoms with Crippen molar-refractivity contribution in [3.8, 4) is 0 Å². The maximum absolute atomic E-state index is 12.3. The van der Waals surface area contributed by atoms with Gasteiger partial charge in [0.25, 0.3) is 0 Å². The Kier molecular flexibility index (Phi) is 5.03. The first kappa shape index (κ1) is 15.4. The van der Waals surface area contributed by atoms with Gasteiger partial charge in [-0.3, -0.25) is 0 Å². The van der Waals surface area contributed by atoms with E-state index >= 15 is 0 Å². The highest BCUT2D eigenvalue weighted by Crippen LogP contribution is 2.23. The Morgan fingerprint density at radius 2 is 2.00 bits per heavy atom. The van der Waals surface area contributed by atoms with Gasteiger partial charge < -0.3 is 4.74 Å². The molecule has 2 unspecified atom stereocenters. The zero-order valence-corrected chi connectivity index (χ0v) is 13.3. The second-order valence-electron chi connectivity index (χ2n) is 5.85. The Balaban J connectivity index is 2.81. The van der Waals surface area contributed by atoms with Crippen molar-refractivity contribution in [2.45, 2.75) is 39.8 Å². The van der Waals surface area contributed by atoms with E-state index in [4.69, 9.17) is 4.74 Å². The standard InChI is InChI=1S/C11H22BrNO3S/c1-9-7-16-10(5-12)6-13(9)17(14,15)8-11(2,3)4/h9-10H,5-8H2,1-4H3. The minimum absolute atomic E-state index is 0.0408. The Hall–Kier alpha value is 0.350. The van der Waals surface area contributed by atoms with E-state index in [1.165, 1.54) is 0 Å². The van der Waals surface area contributed by atoms with Gasteiger partial charge >= 0.3 is 0 Å². The highest BCUT2D eigenvalue weighted by molar-refractivity contribution is 9.09. The summed E-state index contributed by atoms with van der Waals surface area (Å²) in [6, 6.07) is -0.0716. The van der Waals surface area contributed by atoms with E-state index < -0.39 is 10.0 Å². The number of morpholine rings is 1. The first-order valence-electron chi connectivity index (χ1n) is 5.83. The molecule has 0 aliphatic carbocycles. The summed E-state index contributed by atoms with van der Waals surface area (Å²) in [4.78, 5) is 0. The van der Waals surface area contributed by atoms with E-state index in [9.17, 15) is 8.42 Å². The monoisotopic (exact) mass is 327 g/mol. The van der Waals surface area contributed by atoms with Crippen LogP contribution in [0.3, 0.4) is 0 Å². The number of halogens is 1. The summed E-state index contributed by atoms with van der Waals surface area (Å²) in [5.41, 5.74) is -0.221. The summed E-state index contributed by atoms with van der Waals surface area (Å²) in [6.45, 7) is 8.64. The van der Waals surface area contributed by atoms with Gasteiger partial charge in [0.2, 0.25) is 10.0 Å². The third-order valence-electron chi connectivity index (χ3n) is 2.59. The molecule has 0 aromatic carbocycles. The quantitative estimate of drug-likeness (QED) is 0.743. The van der Waals surface area contributed by atoms with Crippen LogP contribution in [0, 0.1) is 5.41 Å². The fourth-order valence-corrected chi connectivity index (χ4v) is 4.56. The van der Waals surface area contributed by atoms with E-state index in [1.54, 1.807) is 4.31 Å². The van der Waals surface area contributed by atoms with Crippen LogP contribution in [-0.2, 0) is 14.8 Å². The first-order chi connectivity index (χ1) is 7.65. The van der Waals surface area contributed by atoms with Crippen LogP contribution in [-0.4, -0.2) is 49.1 Å². The van der Waals surface area contributed by atoms with Crippen LogP contribution >= 0.6 is 15.9 Å². The molecule has 0 amide bonds. The zero-order valence-electron chi connectivity index (χ0n) is 10.9. The van der Waals surface area contributed by atoms with Crippen LogP contribution < -0.4 is 0 Å². The molecule has 0 aromatic rings. The van der Waals surface area contributed by atoms with Crippen molar-refractivity contribution >= 4 is 26.0 Å². The predicted molar refractivity (Wildman–Crippen MR) is 72.9 cm³/mol. The lowest BCUT2D eigenvalue weighted by atomic mass is 10.0. The van der Waals surface area contributed by atoms with E-state index in [0.717, 1.165) is 0 Å². The Labute approximate surface area is 113 Å². The average molecular weight is 328 g/mol. The molecule has 0 spiro atoms. The van der Waals surface area contributed by atoms with Crippen LogP contribution in [0.15, 0.2) is 0 Å². The average Bonchev–Trinajstić information content (AvgIpc) is 2.14. The van der Waals surface area contributed by atoms with Gasteiger partial charge in [-0.05, 0) is 12.3 Å². The fourth-order valence-electron chi connectivity index (χ4n) is 1.90. The lowest BCUT2D eigenvalue weighted by Crippen LogP contribution is -2.53. The molecule has 102 valence electrons. The summed E-state index contributed by atoms with van der Waals surface area (Å²) in [5, 5.41) is 0.668. The minimum Gasteiger partial charge on any atom is -0.374 e. The van der Waals surface area contributed by atoms with Crippen LogP contribution in [0.25, 0.3) is 0 Å². The van der Waals surface area contributed by atoms with E-state index in [2.05, 4.69) is 15.9 Å². The van der Waals surface area contributed by atoms with Crippen molar-refractivity contribution in [3.63, 3.8) is 0 Å². The van der Waals surface area contributed by atoms with Crippen LogP contribution in [0.4, 0.5) is 0 Å². The second kappa shape index (κ2) is 5.55. The van der Waals surface area contributed by atoms with Gasteiger partial charge in [-0.1, -0.05) is 36.7 Å². The summed E-state index contributed by atoms with van der Waals surface area (Å²) in [6.07, 6.45) is -0.0408. The highest BCUT2D eigenvalue weighted by atomic mass is 79.9. The van der Waals surface area contributed by atoms with E-state index in [0.29, 0.717) is 18.5 Å². The number of ether oxygens (including phenoxy) is 1. The SMILES string of the molecule is CC1COC(CBr)CN1S(=O)(=O)CC(C)(C)C. The lowest BCUT2D eigenvalue weighted by molar-refractivity contribution is -0.0141. The third kappa shape index (κ3) is 4.50. The van der Waals surface area contributed by atoms with Crippen LogP contribution in [0.2, 0.25) is 0 Å². The van der Waals surface area contributed by atoms with Crippen molar-refractivity contribution in [1.29, 1.82) is 0 Å². The van der Waals surface area contributed by atoms with Gasteiger partial charge in [0.1, 0.15) is 0 Å². The highest BCUT2D eigenvalue weighted by Gasteiger charge is 2.36. The molecule has 1 fully saturated rings. The smallest absolute Gasteiger partial charge is 0.215 e. The molecular formula is C11H22BrNO3S. The molecule has 4 nitrogen and oxygen atoms in total. The Morgan fingerprint density at radius 3 is 2.47 bits per heavy atom. The van der Waals surface area contributed by atoms with Crippen LogP contribution in [0.5, 0.6) is 0 Å². The van der Waals surface area contributed by atoms with Crippen molar-refractivity contribution < 1.29 is 13.2 Å². The molecule has 0 radical (unpaired) electrons. The molecular weight excluding hydrogens is 306 g/mol. The van der Waals surface area contributed by atoms with E-state index in [1.807, 2.05) is 27.7 Å². The summed E-state index contributed by atoms with van der Waals surface area (Å²) in [7, 11) is -3.20. The number of nitrogens with zero attached hydrogens (tertiary/aromatic N) is 1. The normalized spacial score (nSPS) is 28.3. The van der Waals surface area contributed by atoms with Crippen molar-refractivity contribution in [2.24, 2.45) is 5.41 Å². The van der Waals surface area contributed by atoms with Gasteiger partial charge in [0.05, 0.1) is 18.5 Å². The van der Waals surface area contributed by atoms with Gasteiger partial charge in [-0.15, -0.1) is 0 Å². The molecule has 0 saturated carbocycles.